The van der Waals surface area contributed by atoms with E-state index in [2.05, 4.69) is 0 Å². The Balaban J connectivity index is 2.64. The van der Waals surface area contributed by atoms with E-state index in [4.69, 9.17) is 4.74 Å². The Morgan fingerprint density at radius 2 is 2.17 bits per heavy atom. The number of ether oxygens (including phenoxy) is 1. The lowest BCUT2D eigenvalue weighted by atomic mass is 10.2. The molecule has 1 aliphatic heterocycles. The SMILES string of the molecule is CC1Cc2ccccc(=O)c2O1. The Labute approximate surface area is 70.8 Å². The molecule has 0 spiro atoms. The third-order valence-corrected chi connectivity index (χ3v) is 2.00. The lowest BCUT2D eigenvalue weighted by molar-refractivity contribution is 0.252. The van der Waals surface area contributed by atoms with E-state index in [0.29, 0.717) is 5.75 Å². The standard InChI is InChI=1S/C10H10O2/c1-7-6-8-4-2-3-5-9(11)10(8)12-7/h2-5,7H,6H2,1H3. The van der Waals surface area contributed by atoms with Gasteiger partial charge in [-0.1, -0.05) is 18.2 Å². The van der Waals surface area contributed by atoms with Gasteiger partial charge in [0.1, 0.15) is 6.10 Å². The molecule has 1 aliphatic rings. The third kappa shape index (κ3) is 1.09. The van der Waals surface area contributed by atoms with Crippen molar-refractivity contribution in [2.75, 3.05) is 0 Å². The van der Waals surface area contributed by atoms with Crippen LogP contribution in [0.4, 0.5) is 0 Å². The fourth-order valence-electron chi connectivity index (χ4n) is 1.47. The van der Waals surface area contributed by atoms with Gasteiger partial charge in [0.15, 0.2) is 5.75 Å². The van der Waals surface area contributed by atoms with E-state index in [-0.39, 0.29) is 11.5 Å². The second kappa shape index (κ2) is 2.63. The minimum absolute atomic E-state index is 0.0145. The Morgan fingerprint density at radius 3 is 3.00 bits per heavy atom. The van der Waals surface area contributed by atoms with E-state index in [1.54, 1.807) is 6.07 Å². The van der Waals surface area contributed by atoms with Gasteiger partial charge in [0, 0.05) is 12.0 Å². The first-order valence-electron chi connectivity index (χ1n) is 4.06. The van der Waals surface area contributed by atoms with Crippen molar-refractivity contribution < 1.29 is 4.74 Å². The molecule has 1 aromatic rings. The van der Waals surface area contributed by atoms with E-state index in [1.807, 2.05) is 19.1 Å². The van der Waals surface area contributed by atoms with Crippen molar-refractivity contribution >= 4 is 0 Å². The summed E-state index contributed by atoms with van der Waals surface area (Å²) in [7, 11) is 0. The molecule has 62 valence electrons. The Hall–Kier alpha value is -1.31. The van der Waals surface area contributed by atoms with Crippen LogP contribution in [0.5, 0.6) is 5.75 Å². The molecule has 1 unspecified atom stereocenters. The van der Waals surface area contributed by atoms with Gasteiger partial charge in [0.2, 0.25) is 5.43 Å². The fourth-order valence-corrected chi connectivity index (χ4v) is 1.47. The van der Waals surface area contributed by atoms with Gasteiger partial charge in [-0.3, -0.25) is 4.79 Å². The molecule has 0 amide bonds. The molecular weight excluding hydrogens is 152 g/mol. The van der Waals surface area contributed by atoms with Crippen molar-refractivity contribution in [1.29, 1.82) is 0 Å². The molecule has 2 nitrogen and oxygen atoms in total. The Bertz CT molecular complexity index is 357. The average molecular weight is 162 g/mol. The van der Waals surface area contributed by atoms with Crippen LogP contribution in [0.25, 0.3) is 0 Å². The molecule has 0 fully saturated rings. The topological polar surface area (TPSA) is 26.3 Å². The van der Waals surface area contributed by atoms with Gasteiger partial charge in [-0.15, -0.1) is 0 Å². The zero-order valence-corrected chi connectivity index (χ0v) is 6.91. The molecular formula is C10H10O2. The lowest BCUT2D eigenvalue weighted by Gasteiger charge is -1.99. The monoisotopic (exact) mass is 162 g/mol. The largest absolute Gasteiger partial charge is 0.486 e. The molecule has 0 aliphatic carbocycles. The molecule has 12 heavy (non-hydrogen) atoms. The van der Waals surface area contributed by atoms with Crippen molar-refractivity contribution in [3.63, 3.8) is 0 Å². The highest BCUT2D eigenvalue weighted by Crippen LogP contribution is 2.23. The summed E-state index contributed by atoms with van der Waals surface area (Å²) in [5.41, 5.74) is 1.01. The molecule has 0 aromatic heterocycles. The van der Waals surface area contributed by atoms with Crippen molar-refractivity contribution in [3.05, 3.63) is 40.1 Å². The average Bonchev–Trinajstić information content (AvgIpc) is 2.33. The molecule has 1 aromatic carbocycles. The minimum atomic E-state index is -0.0145. The molecule has 0 N–H and O–H groups in total. The second-order valence-corrected chi connectivity index (χ2v) is 3.07. The maximum absolute atomic E-state index is 11.3. The van der Waals surface area contributed by atoms with E-state index in [1.165, 1.54) is 6.07 Å². The number of hydrogen-bond donors (Lipinski definition) is 0. The summed E-state index contributed by atoms with van der Waals surface area (Å²) < 4.78 is 5.39. The number of fused-ring (bicyclic) bond motifs is 1. The molecule has 0 radical (unpaired) electrons. The van der Waals surface area contributed by atoms with Crippen molar-refractivity contribution in [3.8, 4) is 5.75 Å². The first-order chi connectivity index (χ1) is 5.77. The van der Waals surface area contributed by atoms with Crippen LogP contribution in [0.1, 0.15) is 12.5 Å². The van der Waals surface area contributed by atoms with Crippen LogP contribution in [0.2, 0.25) is 0 Å². The maximum Gasteiger partial charge on any atom is 0.220 e. The van der Waals surface area contributed by atoms with Crippen LogP contribution < -0.4 is 10.2 Å². The summed E-state index contributed by atoms with van der Waals surface area (Å²) >= 11 is 0. The third-order valence-electron chi connectivity index (χ3n) is 2.00. The van der Waals surface area contributed by atoms with Crippen molar-refractivity contribution in [2.45, 2.75) is 19.4 Å². The molecule has 0 bridgehead atoms. The highest BCUT2D eigenvalue weighted by molar-refractivity contribution is 5.35. The van der Waals surface area contributed by atoms with Gasteiger partial charge in [-0.25, -0.2) is 0 Å². The van der Waals surface area contributed by atoms with Gasteiger partial charge >= 0.3 is 0 Å². The van der Waals surface area contributed by atoms with E-state index in [0.717, 1.165) is 12.0 Å². The zero-order valence-electron chi connectivity index (χ0n) is 6.91. The Kier molecular flexibility index (Phi) is 1.61. The van der Waals surface area contributed by atoms with Gasteiger partial charge in [-0.05, 0) is 13.0 Å². The first kappa shape index (κ1) is 7.35. The van der Waals surface area contributed by atoms with Gasteiger partial charge in [0.25, 0.3) is 0 Å². The van der Waals surface area contributed by atoms with E-state index in [9.17, 15) is 4.79 Å². The van der Waals surface area contributed by atoms with Crippen LogP contribution in [0.15, 0.2) is 29.1 Å². The molecule has 0 saturated heterocycles. The van der Waals surface area contributed by atoms with Crippen LogP contribution in [0.3, 0.4) is 0 Å². The summed E-state index contributed by atoms with van der Waals surface area (Å²) in [6.45, 7) is 1.97. The van der Waals surface area contributed by atoms with Crippen molar-refractivity contribution in [2.24, 2.45) is 0 Å². The first-order valence-corrected chi connectivity index (χ1v) is 4.06. The summed E-state index contributed by atoms with van der Waals surface area (Å²) in [6.07, 6.45) is 0.995. The predicted molar refractivity (Wildman–Crippen MR) is 46.5 cm³/mol. The van der Waals surface area contributed by atoms with E-state index < -0.39 is 0 Å². The predicted octanol–water partition coefficient (Wildman–Crippen LogP) is 1.37. The van der Waals surface area contributed by atoms with Gasteiger partial charge < -0.3 is 4.74 Å². The summed E-state index contributed by atoms with van der Waals surface area (Å²) in [6, 6.07) is 7.10. The normalized spacial score (nSPS) is 19.9. The van der Waals surface area contributed by atoms with Crippen LogP contribution in [0, 0.1) is 0 Å². The number of hydrogen-bond acceptors (Lipinski definition) is 2. The van der Waals surface area contributed by atoms with Gasteiger partial charge in [-0.2, -0.15) is 0 Å². The fraction of sp³-hybridized carbons (Fsp3) is 0.300. The smallest absolute Gasteiger partial charge is 0.220 e. The molecule has 1 heterocycles. The Morgan fingerprint density at radius 1 is 1.42 bits per heavy atom. The summed E-state index contributed by atoms with van der Waals surface area (Å²) in [5.74, 6) is 0.535. The highest BCUT2D eigenvalue weighted by atomic mass is 16.5. The molecule has 2 rings (SSSR count). The van der Waals surface area contributed by atoms with Crippen molar-refractivity contribution in [1.82, 2.24) is 0 Å². The van der Waals surface area contributed by atoms with Crippen LogP contribution >= 0.6 is 0 Å². The maximum atomic E-state index is 11.3. The zero-order chi connectivity index (χ0) is 8.55. The van der Waals surface area contributed by atoms with Crippen LogP contribution in [-0.2, 0) is 6.42 Å². The molecule has 1 atom stereocenters. The van der Waals surface area contributed by atoms with E-state index >= 15 is 0 Å². The summed E-state index contributed by atoms with van der Waals surface area (Å²) in [5, 5.41) is 0. The quantitative estimate of drug-likeness (QED) is 0.576. The summed E-state index contributed by atoms with van der Waals surface area (Å²) in [4.78, 5) is 11.3. The minimum Gasteiger partial charge on any atom is -0.486 e. The van der Waals surface area contributed by atoms with Crippen LogP contribution in [-0.4, -0.2) is 6.10 Å². The van der Waals surface area contributed by atoms with Gasteiger partial charge in [0.05, 0.1) is 0 Å². The lowest BCUT2D eigenvalue weighted by Crippen LogP contribution is -2.08. The second-order valence-electron chi connectivity index (χ2n) is 3.07. The molecule has 2 heteroatoms. The highest BCUT2D eigenvalue weighted by Gasteiger charge is 2.19. The molecule has 0 saturated carbocycles. The number of rotatable bonds is 0.